The van der Waals surface area contributed by atoms with Gasteiger partial charge in [0, 0.05) is 17.6 Å². The number of benzene rings is 1. The Kier molecular flexibility index (Phi) is 6.30. The van der Waals surface area contributed by atoms with Gasteiger partial charge < -0.3 is 4.74 Å². The highest BCUT2D eigenvalue weighted by molar-refractivity contribution is 6.32. The SMILES string of the molecule is CCCOc1c(C(=O)c2ccc(Cl)c(C(C)=C(C)C)c2C)c(C)nn1C. The fourth-order valence-electron chi connectivity index (χ4n) is 3.03. The van der Waals surface area contributed by atoms with E-state index in [1.165, 1.54) is 5.57 Å². The van der Waals surface area contributed by atoms with Crippen molar-refractivity contribution in [3.63, 3.8) is 0 Å². The van der Waals surface area contributed by atoms with Crippen LogP contribution in [0.4, 0.5) is 0 Å². The number of nitrogens with zero attached hydrogens (tertiary/aromatic N) is 2. The zero-order valence-corrected chi connectivity index (χ0v) is 17.4. The Balaban J connectivity index is 2.63. The van der Waals surface area contributed by atoms with Crippen molar-refractivity contribution in [1.29, 1.82) is 0 Å². The molecule has 0 aliphatic rings. The third-order valence-corrected chi connectivity index (χ3v) is 4.94. The molecule has 0 saturated carbocycles. The normalized spacial score (nSPS) is 10.8. The maximum Gasteiger partial charge on any atom is 0.223 e. The van der Waals surface area contributed by atoms with E-state index >= 15 is 0 Å². The van der Waals surface area contributed by atoms with Crippen LogP contribution in [0.15, 0.2) is 17.7 Å². The first-order chi connectivity index (χ1) is 12.2. The van der Waals surface area contributed by atoms with Crippen LogP contribution in [0.25, 0.3) is 5.57 Å². The average Bonchev–Trinajstić information content (AvgIpc) is 2.85. The van der Waals surface area contributed by atoms with Gasteiger partial charge in [-0.2, -0.15) is 5.10 Å². The molecule has 140 valence electrons. The molecule has 1 aromatic heterocycles. The summed E-state index contributed by atoms with van der Waals surface area (Å²) < 4.78 is 7.43. The van der Waals surface area contributed by atoms with Crippen LogP contribution in [0.1, 0.15) is 66.9 Å². The van der Waals surface area contributed by atoms with E-state index < -0.39 is 0 Å². The minimum Gasteiger partial charge on any atom is -0.477 e. The van der Waals surface area contributed by atoms with Gasteiger partial charge in [-0.3, -0.25) is 4.79 Å². The molecular weight excluding hydrogens is 348 g/mol. The predicted octanol–water partition coefficient (Wildman–Crippen LogP) is 5.52. The Bertz CT molecular complexity index is 875. The van der Waals surface area contributed by atoms with Gasteiger partial charge in [-0.05, 0) is 69.9 Å². The molecule has 0 atom stereocenters. The zero-order chi connectivity index (χ0) is 19.6. The molecule has 26 heavy (non-hydrogen) atoms. The maximum atomic E-state index is 13.3. The van der Waals surface area contributed by atoms with Crippen LogP contribution in [-0.4, -0.2) is 22.2 Å². The highest BCUT2D eigenvalue weighted by Gasteiger charge is 2.25. The highest BCUT2D eigenvalue weighted by atomic mass is 35.5. The van der Waals surface area contributed by atoms with E-state index in [0.717, 1.165) is 23.1 Å². The summed E-state index contributed by atoms with van der Waals surface area (Å²) in [5.74, 6) is 0.433. The lowest BCUT2D eigenvalue weighted by molar-refractivity contribution is 0.103. The smallest absolute Gasteiger partial charge is 0.223 e. The first-order valence-electron chi connectivity index (χ1n) is 8.85. The fourth-order valence-corrected chi connectivity index (χ4v) is 3.38. The Morgan fingerprint density at radius 3 is 2.42 bits per heavy atom. The minimum atomic E-state index is -0.0846. The number of allylic oxidation sites excluding steroid dienone is 2. The van der Waals surface area contributed by atoms with E-state index in [4.69, 9.17) is 16.3 Å². The van der Waals surface area contributed by atoms with E-state index in [9.17, 15) is 4.79 Å². The van der Waals surface area contributed by atoms with Gasteiger partial charge in [-0.15, -0.1) is 0 Å². The molecule has 4 nitrogen and oxygen atoms in total. The van der Waals surface area contributed by atoms with Crippen molar-refractivity contribution < 1.29 is 9.53 Å². The first kappa shape index (κ1) is 20.2. The van der Waals surface area contributed by atoms with Gasteiger partial charge >= 0.3 is 0 Å². The molecule has 0 aliphatic carbocycles. The number of aromatic nitrogens is 2. The summed E-state index contributed by atoms with van der Waals surface area (Å²) in [6.45, 7) is 12.5. The molecule has 0 unspecified atom stereocenters. The van der Waals surface area contributed by atoms with Gasteiger partial charge in [-0.1, -0.05) is 24.1 Å². The van der Waals surface area contributed by atoms with E-state index in [0.29, 0.717) is 34.3 Å². The lowest BCUT2D eigenvalue weighted by Crippen LogP contribution is -2.10. The molecule has 0 radical (unpaired) electrons. The van der Waals surface area contributed by atoms with Gasteiger partial charge in [0.25, 0.3) is 0 Å². The number of ketones is 1. The van der Waals surface area contributed by atoms with E-state index in [1.807, 2.05) is 41.5 Å². The third-order valence-electron chi connectivity index (χ3n) is 4.62. The van der Waals surface area contributed by atoms with Crippen molar-refractivity contribution in [2.24, 2.45) is 7.05 Å². The number of rotatable bonds is 6. The minimum absolute atomic E-state index is 0.0846. The first-order valence-corrected chi connectivity index (χ1v) is 9.23. The molecule has 0 bridgehead atoms. The quantitative estimate of drug-likeness (QED) is 0.625. The van der Waals surface area contributed by atoms with Crippen LogP contribution < -0.4 is 4.74 Å². The molecule has 0 spiro atoms. The third kappa shape index (κ3) is 3.70. The molecule has 0 fully saturated rings. The lowest BCUT2D eigenvalue weighted by Gasteiger charge is -2.15. The number of carbonyl (C=O) groups excluding carboxylic acids is 1. The maximum absolute atomic E-state index is 13.3. The second-order valence-corrected chi connectivity index (χ2v) is 7.19. The number of halogens is 1. The average molecular weight is 375 g/mol. The van der Waals surface area contributed by atoms with Crippen LogP contribution in [0.2, 0.25) is 5.02 Å². The van der Waals surface area contributed by atoms with Crippen molar-refractivity contribution in [2.45, 2.75) is 48.0 Å². The fraction of sp³-hybridized carbons (Fsp3) is 0.429. The van der Waals surface area contributed by atoms with Crippen LogP contribution >= 0.6 is 11.6 Å². The van der Waals surface area contributed by atoms with Crippen molar-refractivity contribution >= 4 is 23.0 Å². The van der Waals surface area contributed by atoms with Crippen LogP contribution in [0.5, 0.6) is 5.88 Å². The van der Waals surface area contributed by atoms with Crippen LogP contribution in [0.3, 0.4) is 0 Å². The summed E-state index contributed by atoms with van der Waals surface area (Å²) in [6, 6.07) is 3.58. The Morgan fingerprint density at radius 2 is 1.85 bits per heavy atom. The Morgan fingerprint density at radius 1 is 1.19 bits per heavy atom. The number of hydrogen-bond acceptors (Lipinski definition) is 3. The molecule has 1 aromatic carbocycles. The molecule has 5 heteroatoms. The molecule has 0 saturated heterocycles. The summed E-state index contributed by atoms with van der Waals surface area (Å²) in [7, 11) is 1.79. The lowest BCUT2D eigenvalue weighted by atomic mass is 9.91. The monoisotopic (exact) mass is 374 g/mol. The Labute approximate surface area is 160 Å². The standard InChI is InChI=1S/C21H27ClN2O2/c1-8-11-26-21-19(15(6)23-24(21)7)20(25)16-9-10-17(22)18(14(16)5)13(4)12(2)3/h9-10H,8,11H2,1-7H3. The molecule has 0 aliphatic heterocycles. The van der Waals surface area contributed by atoms with Gasteiger partial charge in [0.05, 0.1) is 12.3 Å². The summed E-state index contributed by atoms with van der Waals surface area (Å²) in [5, 5.41) is 5.03. The van der Waals surface area contributed by atoms with Gasteiger partial charge in [0.2, 0.25) is 11.7 Å². The second-order valence-electron chi connectivity index (χ2n) is 6.79. The topological polar surface area (TPSA) is 44.1 Å². The molecule has 0 N–H and O–H groups in total. The van der Waals surface area contributed by atoms with Gasteiger partial charge in [0.1, 0.15) is 5.56 Å². The van der Waals surface area contributed by atoms with Gasteiger partial charge in [-0.25, -0.2) is 4.68 Å². The Hall–Kier alpha value is -2.07. The predicted molar refractivity (Wildman–Crippen MR) is 107 cm³/mol. The number of carbonyl (C=O) groups is 1. The van der Waals surface area contributed by atoms with Crippen molar-refractivity contribution in [2.75, 3.05) is 6.61 Å². The zero-order valence-electron chi connectivity index (χ0n) is 16.7. The summed E-state index contributed by atoms with van der Waals surface area (Å²) >= 11 is 6.44. The number of aryl methyl sites for hydroxylation is 2. The summed E-state index contributed by atoms with van der Waals surface area (Å²) in [4.78, 5) is 13.3. The largest absolute Gasteiger partial charge is 0.477 e. The van der Waals surface area contributed by atoms with E-state index in [2.05, 4.69) is 5.10 Å². The van der Waals surface area contributed by atoms with Crippen molar-refractivity contribution in [1.82, 2.24) is 9.78 Å². The highest BCUT2D eigenvalue weighted by Crippen LogP contribution is 2.33. The van der Waals surface area contributed by atoms with E-state index in [-0.39, 0.29) is 5.78 Å². The molecule has 2 aromatic rings. The van der Waals surface area contributed by atoms with Crippen LogP contribution in [-0.2, 0) is 7.05 Å². The molecular formula is C21H27ClN2O2. The summed E-state index contributed by atoms with van der Waals surface area (Å²) in [5.41, 5.74) is 5.88. The van der Waals surface area contributed by atoms with Crippen LogP contribution in [0, 0.1) is 13.8 Å². The van der Waals surface area contributed by atoms with Crippen molar-refractivity contribution in [3.8, 4) is 5.88 Å². The molecule has 1 heterocycles. The van der Waals surface area contributed by atoms with Gasteiger partial charge in [0.15, 0.2) is 0 Å². The number of ether oxygens (including phenoxy) is 1. The summed E-state index contributed by atoms with van der Waals surface area (Å²) in [6.07, 6.45) is 0.863. The van der Waals surface area contributed by atoms with E-state index in [1.54, 1.807) is 23.9 Å². The molecule has 2 rings (SSSR count). The second kappa shape index (κ2) is 8.09. The number of hydrogen-bond donors (Lipinski definition) is 0. The van der Waals surface area contributed by atoms with Crippen molar-refractivity contribution in [3.05, 3.63) is 50.7 Å². The molecule has 0 amide bonds.